The largest absolute Gasteiger partial charge is 0.493 e. The monoisotopic (exact) mass is 434 g/mol. The number of anilines is 1. The predicted molar refractivity (Wildman–Crippen MR) is 116 cm³/mol. The smallest absolute Gasteiger partial charge is 0.320 e. The molecule has 0 aliphatic carbocycles. The first-order valence-corrected chi connectivity index (χ1v) is 9.91. The van der Waals surface area contributed by atoms with Crippen molar-refractivity contribution in [2.75, 3.05) is 19.0 Å². The van der Waals surface area contributed by atoms with E-state index in [0.29, 0.717) is 18.0 Å². The minimum absolute atomic E-state index is 0.0745. The molecule has 0 bridgehead atoms. The number of aryl methyl sites for hydroxylation is 1. The number of aliphatic carboxylic acids is 1. The molecular weight excluding hydrogens is 408 g/mol. The van der Waals surface area contributed by atoms with Crippen molar-refractivity contribution in [3.05, 3.63) is 52.5 Å². The molecule has 2 aromatic carbocycles. The fourth-order valence-corrected chi connectivity index (χ4v) is 3.11. The molecule has 162 valence electrons. The number of carbonyl (C=O) groups is 2. The molecule has 0 aromatic heterocycles. The third kappa shape index (κ3) is 6.64. The Hall–Kier alpha value is -2.77. The van der Waals surface area contributed by atoms with E-state index < -0.39 is 12.0 Å². The quantitative estimate of drug-likeness (QED) is 0.525. The van der Waals surface area contributed by atoms with Crippen molar-refractivity contribution < 1.29 is 24.2 Å². The molecule has 30 heavy (non-hydrogen) atoms. The van der Waals surface area contributed by atoms with Gasteiger partial charge in [0.1, 0.15) is 6.04 Å². The van der Waals surface area contributed by atoms with Gasteiger partial charge in [-0.3, -0.25) is 9.59 Å². The first-order chi connectivity index (χ1) is 14.2. The van der Waals surface area contributed by atoms with Crippen LogP contribution in [-0.4, -0.2) is 36.7 Å². The molecule has 8 heteroatoms. The molecule has 0 aliphatic heterocycles. The zero-order chi connectivity index (χ0) is 22.3. The second-order valence-electron chi connectivity index (χ2n) is 7.25. The summed E-state index contributed by atoms with van der Waals surface area (Å²) in [6.45, 7) is 5.68. The first kappa shape index (κ1) is 23.5. The number of amides is 1. The lowest BCUT2D eigenvalue weighted by Crippen LogP contribution is -2.40. The van der Waals surface area contributed by atoms with E-state index in [-0.39, 0.29) is 29.2 Å². The fraction of sp³-hybridized carbons (Fsp3) is 0.364. The summed E-state index contributed by atoms with van der Waals surface area (Å²) in [6, 6.07) is 10.1. The Morgan fingerprint density at radius 3 is 2.40 bits per heavy atom. The summed E-state index contributed by atoms with van der Waals surface area (Å²) < 4.78 is 10.9. The van der Waals surface area contributed by atoms with Crippen LogP contribution in [0.2, 0.25) is 5.02 Å². The normalized spacial score (nSPS) is 11.8. The zero-order valence-electron chi connectivity index (χ0n) is 17.5. The molecule has 0 heterocycles. The van der Waals surface area contributed by atoms with E-state index in [2.05, 4.69) is 10.6 Å². The number of carboxylic acid groups (broad SMARTS) is 1. The molecule has 0 aliphatic rings. The number of hydrogen-bond donors (Lipinski definition) is 3. The van der Waals surface area contributed by atoms with Crippen molar-refractivity contribution >= 4 is 29.2 Å². The number of carbonyl (C=O) groups excluding carboxylic acids is 1. The van der Waals surface area contributed by atoms with Crippen LogP contribution in [0, 0.1) is 12.8 Å². The number of rotatable bonds is 10. The highest BCUT2D eigenvalue weighted by atomic mass is 35.5. The lowest BCUT2D eigenvalue weighted by atomic mass is 10.0. The maximum atomic E-state index is 12.2. The van der Waals surface area contributed by atoms with Crippen molar-refractivity contribution in [1.82, 2.24) is 5.32 Å². The van der Waals surface area contributed by atoms with Crippen LogP contribution < -0.4 is 20.1 Å². The van der Waals surface area contributed by atoms with Crippen molar-refractivity contribution in [2.45, 2.75) is 33.4 Å². The molecule has 2 aromatic rings. The van der Waals surface area contributed by atoms with Gasteiger partial charge in [-0.1, -0.05) is 43.1 Å². The van der Waals surface area contributed by atoms with Crippen LogP contribution in [0.15, 0.2) is 36.4 Å². The molecule has 1 unspecified atom stereocenters. The highest BCUT2D eigenvalue weighted by Crippen LogP contribution is 2.36. The topological polar surface area (TPSA) is 96.9 Å². The van der Waals surface area contributed by atoms with Gasteiger partial charge in [-0.2, -0.15) is 0 Å². The van der Waals surface area contributed by atoms with E-state index in [0.717, 1.165) is 11.1 Å². The van der Waals surface area contributed by atoms with Gasteiger partial charge in [0.25, 0.3) is 5.91 Å². The minimum atomic E-state index is -0.914. The van der Waals surface area contributed by atoms with Gasteiger partial charge in [0.15, 0.2) is 18.1 Å². The summed E-state index contributed by atoms with van der Waals surface area (Å²) in [7, 11) is 1.47. The minimum Gasteiger partial charge on any atom is -0.493 e. The van der Waals surface area contributed by atoms with Crippen molar-refractivity contribution in [3.63, 3.8) is 0 Å². The molecule has 1 amide bonds. The average molecular weight is 435 g/mol. The zero-order valence-corrected chi connectivity index (χ0v) is 18.2. The predicted octanol–water partition coefficient (Wildman–Crippen LogP) is 3.87. The third-order valence-electron chi connectivity index (χ3n) is 4.43. The van der Waals surface area contributed by atoms with E-state index in [4.69, 9.17) is 21.1 Å². The van der Waals surface area contributed by atoms with Gasteiger partial charge < -0.3 is 25.2 Å². The van der Waals surface area contributed by atoms with Crippen LogP contribution in [0.3, 0.4) is 0 Å². The van der Waals surface area contributed by atoms with E-state index >= 15 is 0 Å². The maximum absolute atomic E-state index is 12.2. The number of benzene rings is 2. The number of ether oxygens (including phenoxy) is 2. The molecule has 3 N–H and O–H groups in total. The van der Waals surface area contributed by atoms with E-state index in [1.54, 1.807) is 12.1 Å². The number of halogens is 1. The van der Waals surface area contributed by atoms with E-state index in [1.165, 1.54) is 7.11 Å². The summed E-state index contributed by atoms with van der Waals surface area (Å²) in [5.74, 6) is -0.708. The lowest BCUT2D eigenvalue weighted by molar-refractivity contribution is -0.140. The van der Waals surface area contributed by atoms with Gasteiger partial charge in [-0.05, 0) is 42.7 Å². The SMILES string of the molecule is COc1cc(CNC(C(=O)O)C(C)C)cc(Cl)c1OCC(=O)Nc1ccc(C)cc1. The molecule has 1 atom stereocenters. The van der Waals surface area contributed by atoms with Crippen LogP contribution >= 0.6 is 11.6 Å². The van der Waals surface area contributed by atoms with Gasteiger partial charge in [0.05, 0.1) is 12.1 Å². The maximum Gasteiger partial charge on any atom is 0.320 e. The van der Waals surface area contributed by atoms with Gasteiger partial charge in [-0.25, -0.2) is 0 Å². The molecule has 2 rings (SSSR count). The Morgan fingerprint density at radius 1 is 1.17 bits per heavy atom. The number of methoxy groups -OCH3 is 1. The van der Waals surface area contributed by atoms with E-state index in [1.807, 2.05) is 45.0 Å². The Balaban J connectivity index is 2.03. The summed E-state index contributed by atoms with van der Waals surface area (Å²) in [5.41, 5.74) is 2.51. The van der Waals surface area contributed by atoms with Crippen LogP contribution in [0.5, 0.6) is 11.5 Å². The molecule has 7 nitrogen and oxygen atoms in total. The Kier molecular flexibility index (Phi) is 8.50. The molecular formula is C22H27ClN2O5. The third-order valence-corrected chi connectivity index (χ3v) is 4.71. The highest BCUT2D eigenvalue weighted by Gasteiger charge is 2.21. The Bertz CT molecular complexity index is 884. The Labute approximate surface area is 181 Å². The molecule has 0 spiro atoms. The number of carboxylic acids is 1. The fourth-order valence-electron chi connectivity index (χ4n) is 2.82. The second-order valence-corrected chi connectivity index (χ2v) is 7.66. The summed E-state index contributed by atoms with van der Waals surface area (Å²) in [5, 5.41) is 15.3. The molecule has 0 radical (unpaired) electrons. The van der Waals surface area contributed by atoms with Crippen LogP contribution in [0.25, 0.3) is 0 Å². The highest BCUT2D eigenvalue weighted by molar-refractivity contribution is 6.32. The van der Waals surface area contributed by atoms with Crippen LogP contribution in [0.1, 0.15) is 25.0 Å². The number of hydrogen-bond acceptors (Lipinski definition) is 5. The van der Waals surface area contributed by atoms with Crippen molar-refractivity contribution in [1.29, 1.82) is 0 Å². The molecule has 0 saturated heterocycles. The first-order valence-electron chi connectivity index (χ1n) is 9.53. The van der Waals surface area contributed by atoms with E-state index in [9.17, 15) is 14.7 Å². The molecule has 0 fully saturated rings. The van der Waals surface area contributed by atoms with Crippen LogP contribution in [0.4, 0.5) is 5.69 Å². The standard InChI is InChI=1S/C22H27ClN2O5/c1-13(2)20(22(27)28)24-11-15-9-17(23)21(18(10-15)29-4)30-12-19(26)25-16-7-5-14(3)6-8-16/h5-10,13,20,24H,11-12H2,1-4H3,(H,25,26)(H,27,28). The van der Waals surface area contributed by atoms with Crippen LogP contribution in [-0.2, 0) is 16.1 Å². The van der Waals surface area contributed by atoms with Crippen molar-refractivity contribution in [2.24, 2.45) is 5.92 Å². The lowest BCUT2D eigenvalue weighted by Gasteiger charge is -2.19. The summed E-state index contributed by atoms with van der Waals surface area (Å²) in [6.07, 6.45) is 0. The summed E-state index contributed by atoms with van der Waals surface area (Å²) in [4.78, 5) is 23.5. The van der Waals surface area contributed by atoms with Gasteiger partial charge >= 0.3 is 5.97 Å². The molecule has 0 saturated carbocycles. The van der Waals surface area contributed by atoms with Gasteiger partial charge in [-0.15, -0.1) is 0 Å². The average Bonchev–Trinajstić information content (AvgIpc) is 2.68. The summed E-state index contributed by atoms with van der Waals surface area (Å²) >= 11 is 6.33. The number of nitrogens with one attached hydrogen (secondary N) is 2. The van der Waals surface area contributed by atoms with Crippen molar-refractivity contribution in [3.8, 4) is 11.5 Å². The van der Waals surface area contributed by atoms with Gasteiger partial charge in [0, 0.05) is 12.2 Å². The second kappa shape index (κ2) is 10.8. The van der Waals surface area contributed by atoms with Gasteiger partial charge in [0.2, 0.25) is 0 Å². The Morgan fingerprint density at radius 2 is 1.83 bits per heavy atom.